The number of benzene rings is 1. The van der Waals surface area contributed by atoms with Gasteiger partial charge in [-0.2, -0.15) is 0 Å². The van der Waals surface area contributed by atoms with Gasteiger partial charge in [0, 0.05) is 50.4 Å². The summed E-state index contributed by atoms with van der Waals surface area (Å²) >= 11 is 0. The standard InChI is InChI=1S/C19H23N5O3.2ClH/c1-27-14-4-2-3-13(11-14)18(25)23-7-9-24(10-8-23)19(26)17-16-15(5-6-20-17)21-12-22-16;;/h2-4,11-12,17,20H,5-10H2,1H3,(H,21,22);2*1H. The Bertz CT molecular complexity index is 852. The maximum atomic E-state index is 12.9. The van der Waals surface area contributed by atoms with Crippen LogP contribution in [-0.2, 0) is 11.2 Å². The average molecular weight is 442 g/mol. The number of amides is 2. The van der Waals surface area contributed by atoms with Crippen molar-refractivity contribution >= 4 is 36.6 Å². The summed E-state index contributed by atoms with van der Waals surface area (Å²) in [6.45, 7) is 2.82. The predicted molar refractivity (Wildman–Crippen MR) is 113 cm³/mol. The van der Waals surface area contributed by atoms with Crippen LogP contribution in [0.5, 0.6) is 5.75 Å². The van der Waals surface area contributed by atoms with Crippen LogP contribution in [0, 0.1) is 0 Å². The summed E-state index contributed by atoms with van der Waals surface area (Å²) in [5.41, 5.74) is 2.42. The zero-order chi connectivity index (χ0) is 18.8. The fourth-order valence-electron chi connectivity index (χ4n) is 3.67. The van der Waals surface area contributed by atoms with E-state index in [1.807, 2.05) is 17.0 Å². The van der Waals surface area contributed by atoms with E-state index in [1.54, 1.807) is 30.5 Å². The van der Waals surface area contributed by atoms with Crippen LogP contribution in [0.2, 0.25) is 0 Å². The van der Waals surface area contributed by atoms with Crippen LogP contribution in [-0.4, -0.2) is 71.4 Å². The Balaban J connectivity index is 0.00000150. The van der Waals surface area contributed by atoms with Gasteiger partial charge in [0.05, 0.1) is 19.1 Å². The van der Waals surface area contributed by atoms with Crippen LogP contribution in [0.1, 0.15) is 27.8 Å². The lowest BCUT2D eigenvalue weighted by molar-refractivity contribution is -0.135. The van der Waals surface area contributed by atoms with Gasteiger partial charge in [-0.3, -0.25) is 9.59 Å². The Morgan fingerprint density at radius 2 is 1.86 bits per heavy atom. The minimum absolute atomic E-state index is 0. The predicted octanol–water partition coefficient (Wildman–Crippen LogP) is 1.43. The van der Waals surface area contributed by atoms with Crippen molar-refractivity contribution in [2.45, 2.75) is 12.5 Å². The molecule has 1 atom stereocenters. The molecule has 158 valence electrons. The van der Waals surface area contributed by atoms with E-state index in [4.69, 9.17) is 4.74 Å². The molecule has 2 aliphatic rings. The molecule has 0 aliphatic carbocycles. The number of nitrogens with one attached hydrogen (secondary N) is 2. The van der Waals surface area contributed by atoms with Crippen LogP contribution in [0.25, 0.3) is 0 Å². The Hall–Kier alpha value is -2.29. The molecule has 4 rings (SSSR count). The third kappa shape index (κ3) is 4.66. The second kappa shape index (κ2) is 9.96. The average Bonchev–Trinajstić information content (AvgIpc) is 3.22. The van der Waals surface area contributed by atoms with E-state index in [9.17, 15) is 9.59 Å². The van der Waals surface area contributed by atoms with E-state index in [1.165, 1.54) is 0 Å². The molecule has 0 saturated carbocycles. The lowest BCUT2D eigenvalue weighted by atomic mass is 10.0. The number of methoxy groups -OCH3 is 1. The van der Waals surface area contributed by atoms with E-state index in [0.29, 0.717) is 37.5 Å². The maximum Gasteiger partial charge on any atom is 0.254 e. The number of halogens is 2. The molecule has 2 amide bonds. The Labute approximate surface area is 181 Å². The number of H-pyrrole nitrogens is 1. The molecule has 0 bridgehead atoms. The summed E-state index contributed by atoms with van der Waals surface area (Å²) in [5, 5.41) is 3.26. The first-order valence-corrected chi connectivity index (χ1v) is 9.15. The first-order valence-electron chi connectivity index (χ1n) is 9.15. The molecule has 1 unspecified atom stereocenters. The van der Waals surface area contributed by atoms with E-state index in [-0.39, 0.29) is 36.6 Å². The molecule has 29 heavy (non-hydrogen) atoms. The fourth-order valence-corrected chi connectivity index (χ4v) is 3.67. The second-order valence-electron chi connectivity index (χ2n) is 6.75. The molecule has 2 N–H and O–H groups in total. The summed E-state index contributed by atoms with van der Waals surface area (Å²) in [6.07, 6.45) is 2.49. The number of hydrogen-bond acceptors (Lipinski definition) is 5. The molecule has 2 aromatic rings. The molecule has 8 nitrogen and oxygen atoms in total. The van der Waals surface area contributed by atoms with Crippen molar-refractivity contribution in [1.29, 1.82) is 0 Å². The molecule has 1 fully saturated rings. The minimum Gasteiger partial charge on any atom is -0.497 e. The highest BCUT2D eigenvalue weighted by Gasteiger charge is 2.34. The number of carbonyl (C=O) groups is 2. The van der Waals surface area contributed by atoms with Crippen molar-refractivity contribution < 1.29 is 14.3 Å². The molecule has 1 saturated heterocycles. The van der Waals surface area contributed by atoms with Gasteiger partial charge < -0.3 is 24.8 Å². The maximum absolute atomic E-state index is 12.9. The highest BCUT2D eigenvalue weighted by molar-refractivity contribution is 5.95. The highest BCUT2D eigenvalue weighted by Crippen LogP contribution is 2.22. The van der Waals surface area contributed by atoms with Gasteiger partial charge in [-0.15, -0.1) is 24.8 Å². The molecule has 2 aliphatic heterocycles. The van der Waals surface area contributed by atoms with Crippen molar-refractivity contribution in [3.05, 3.63) is 47.5 Å². The second-order valence-corrected chi connectivity index (χ2v) is 6.75. The van der Waals surface area contributed by atoms with Gasteiger partial charge in [0.25, 0.3) is 5.91 Å². The monoisotopic (exact) mass is 441 g/mol. The van der Waals surface area contributed by atoms with E-state index in [2.05, 4.69) is 15.3 Å². The summed E-state index contributed by atoms with van der Waals surface area (Å²) in [7, 11) is 1.58. The quantitative estimate of drug-likeness (QED) is 0.751. The number of hydrogen-bond donors (Lipinski definition) is 2. The number of ether oxygens (including phenoxy) is 1. The molecule has 0 radical (unpaired) electrons. The van der Waals surface area contributed by atoms with Crippen LogP contribution < -0.4 is 10.1 Å². The number of carbonyl (C=O) groups excluding carboxylic acids is 2. The van der Waals surface area contributed by atoms with Crippen LogP contribution in [0.4, 0.5) is 0 Å². The Kier molecular flexibility index (Phi) is 7.89. The van der Waals surface area contributed by atoms with Gasteiger partial charge in [0.15, 0.2) is 0 Å². The number of piperazine rings is 1. The number of nitrogens with zero attached hydrogens (tertiary/aromatic N) is 3. The zero-order valence-corrected chi connectivity index (χ0v) is 17.7. The normalized spacial score (nSPS) is 18.2. The van der Waals surface area contributed by atoms with Crippen LogP contribution in [0.3, 0.4) is 0 Å². The third-order valence-corrected chi connectivity index (χ3v) is 5.19. The number of fused-ring (bicyclic) bond motifs is 1. The van der Waals surface area contributed by atoms with Crippen molar-refractivity contribution in [3.63, 3.8) is 0 Å². The Morgan fingerprint density at radius 1 is 1.14 bits per heavy atom. The fraction of sp³-hybridized carbons (Fsp3) is 0.421. The smallest absolute Gasteiger partial charge is 0.254 e. The highest BCUT2D eigenvalue weighted by atomic mass is 35.5. The Morgan fingerprint density at radius 3 is 2.59 bits per heavy atom. The van der Waals surface area contributed by atoms with Crippen LogP contribution >= 0.6 is 24.8 Å². The van der Waals surface area contributed by atoms with Gasteiger partial charge in [-0.1, -0.05) is 6.07 Å². The summed E-state index contributed by atoms with van der Waals surface area (Å²) in [6, 6.07) is 6.74. The number of rotatable bonds is 3. The van der Waals surface area contributed by atoms with Gasteiger partial charge in [-0.05, 0) is 18.2 Å². The number of aromatic nitrogens is 2. The van der Waals surface area contributed by atoms with Crippen molar-refractivity contribution in [2.75, 3.05) is 39.8 Å². The van der Waals surface area contributed by atoms with E-state index >= 15 is 0 Å². The lowest BCUT2D eigenvalue weighted by Gasteiger charge is -2.37. The van der Waals surface area contributed by atoms with Gasteiger partial charge in [0.1, 0.15) is 11.8 Å². The molecule has 10 heteroatoms. The SMILES string of the molecule is COc1cccc(C(=O)N2CCN(C(=O)C3NCCc4[nH]cnc43)CC2)c1.Cl.Cl. The van der Waals surface area contributed by atoms with E-state index < -0.39 is 6.04 Å². The molecule has 1 aromatic carbocycles. The van der Waals surface area contributed by atoms with Gasteiger partial charge >= 0.3 is 0 Å². The molecule has 3 heterocycles. The molecular weight excluding hydrogens is 417 g/mol. The summed E-state index contributed by atoms with van der Waals surface area (Å²) in [5.74, 6) is 0.649. The zero-order valence-electron chi connectivity index (χ0n) is 16.1. The molecule has 1 aromatic heterocycles. The van der Waals surface area contributed by atoms with Gasteiger partial charge in [0.2, 0.25) is 5.91 Å². The third-order valence-electron chi connectivity index (χ3n) is 5.19. The first kappa shape index (κ1) is 23.0. The first-order chi connectivity index (χ1) is 13.2. The van der Waals surface area contributed by atoms with Crippen LogP contribution in [0.15, 0.2) is 30.6 Å². The van der Waals surface area contributed by atoms with E-state index in [0.717, 1.165) is 24.4 Å². The number of imidazole rings is 1. The van der Waals surface area contributed by atoms with Gasteiger partial charge in [-0.25, -0.2) is 4.98 Å². The largest absolute Gasteiger partial charge is 0.497 e. The van der Waals surface area contributed by atoms with Crippen molar-refractivity contribution in [2.24, 2.45) is 0 Å². The lowest BCUT2D eigenvalue weighted by Crippen LogP contribution is -2.53. The number of aromatic amines is 1. The minimum atomic E-state index is -0.402. The topological polar surface area (TPSA) is 90.6 Å². The summed E-state index contributed by atoms with van der Waals surface area (Å²) < 4.78 is 5.19. The molecular formula is C19H25Cl2N5O3. The molecule has 0 spiro atoms. The van der Waals surface area contributed by atoms with Crippen molar-refractivity contribution in [1.82, 2.24) is 25.1 Å². The summed E-state index contributed by atoms with van der Waals surface area (Å²) in [4.78, 5) is 36.7. The van der Waals surface area contributed by atoms with Crippen molar-refractivity contribution in [3.8, 4) is 5.75 Å².